The number of carbonyl (C=O) groups excluding carboxylic acids is 2. The molecule has 4 rings (SSSR count). The van der Waals surface area contributed by atoms with E-state index < -0.39 is 23.5 Å². The molecule has 1 aromatic heterocycles. The second-order valence-electron chi connectivity index (χ2n) is 7.64. The third kappa shape index (κ3) is 3.77. The maximum Gasteiger partial charge on any atom is 0.290 e. The van der Waals surface area contributed by atoms with E-state index in [9.17, 15) is 19.8 Å². The van der Waals surface area contributed by atoms with Crippen molar-refractivity contribution in [1.82, 2.24) is 4.90 Å². The van der Waals surface area contributed by atoms with Crippen LogP contribution >= 0.6 is 0 Å². The third-order valence-corrected chi connectivity index (χ3v) is 5.56. The van der Waals surface area contributed by atoms with E-state index in [1.54, 1.807) is 43.3 Å². The topological polar surface area (TPSA) is 109 Å². The predicted octanol–water partition coefficient (Wildman–Crippen LogP) is 4.53. The van der Waals surface area contributed by atoms with Gasteiger partial charge in [0, 0.05) is 11.9 Å². The zero-order valence-electron chi connectivity index (χ0n) is 18.6. The Morgan fingerprint density at radius 3 is 2.61 bits per heavy atom. The number of amides is 1. The molecule has 2 N–H and O–H groups in total. The molecule has 1 amide bonds. The summed E-state index contributed by atoms with van der Waals surface area (Å²) in [5.41, 5.74) is 0.844. The van der Waals surface area contributed by atoms with Gasteiger partial charge in [0.2, 0.25) is 5.78 Å². The second kappa shape index (κ2) is 8.90. The van der Waals surface area contributed by atoms with Gasteiger partial charge >= 0.3 is 0 Å². The molecule has 0 saturated heterocycles. The maximum absolute atomic E-state index is 13.6. The van der Waals surface area contributed by atoms with Crippen LogP contribution in [0.4, 0.5) is 0 Å². The number of aromatic hydroxyl groups is 1. The van der Waals surface area contributed by atoms with E-state index in [0.29, 0.717) is 41.9 Å². The Hall–Kier alpha value is -3.94. The van der Waals surface area contributed by atoms with Crippen molar-refractivity contribution in [2.45, 2.75) is 26.3 Å². The first-order valence-corrected chi connectivity index (χ1v) is 10.7. The van der Waals surface area contributed by atoms with Crippen LogP contribution in [0, 0.1) is 0 Å². The number of methoxy groups -OCH3 is 1. The van der Waals surface area contributed by atoms with Crippen molar-refractivity contribution in [3.63, 3.8) is 0 Å². The van der Waals surface area contributed by atoms with E-state index in [1.165, 1.54) is 18.1 Å². The summed E-state index contributed by atoms with van der Waals surface area (Å²) < 4.78 is 16.6. The number of hydrogen-bond acceptors (Lipinski definition) is 7. The number of hydrogen-bond donors (Lipinski definition) is 2. The molecule has 2 heterocycles. The lowest BCUT2D eigenvalue weighted by molar-refractivity contribution is -0.129. The molecule has 3 aromatic rings. The standard InChI is InChI=1S/C25H25NO7/c1-4-11-26-21(14-9-10-16(27)18(12-14)32-5-2)20(23(29)25(26)30)22(28)19-13-15-7-6-8-17(31-3)24(15)33-19/h6-10,12-13,21,27,29H,4-5,11H2,1-3H3. The van der Waals surface area contributed by atoms with Gasteiger partial charge in [-0.2, -0.15) is 0 Å². The first-order chi connectivity index (χ1) is 15.9. The molecular weight excluding hydrogens is 426 g/mol. The summed E-state index contributed by atoms with van der Waals surface area (Å²) in [6.45, 7) is 4.33. The van der Waals surface area contributed by atoms with Crippen molar-refractivity contribution < 1.29 is 33.7 Å². The Labute approximate surface area is 190 Å². The summed E-state index contributed by atoms with van der Waals surface area (Å²) in [6, 6.07) is 10.6. The number of benzene rings is 2. The lowest BCUT2D eigenvalue weighted by Gasteiger charge is -2.26. The number of aliphatic hydroxyl groups is 1. The molecule has 8 heteroatoms. The summed E-state index contributed by atoms with van der Waals surface area (Å²) in [4.78, 5) is 27.9. The number of ether oxygens (including phenoxy) is 2. The van der Waals surface area contributed by atoms with Crippen LogP contribution in [0.15, 0.2) is 58.2 Å². The minimum Gasteiger partial charge on any atom is -0.504 e. The van der Waals surface area contributed by atoms with Crippen molar-refractivity contribution in [3.05, 3.63) is 65.1 Å². The van der Waals surface area contributed by atoms with E-state index in [1.807, 2.05) is 6.92 Å². The largest absolute Gasteiger partial charge is 0.504 e. The number of nitrogens with zero attached hydrogens (tertiary/aromatic N) is 1. The van der Waals surface area contributed by atoms with Crippen LogP contribution in [0.5, 0.6) is 17.2 Å². The molecule has 1 unspecified atom stereocenters. The van der Waals surface area contributed by atoms with E-state index in [4.69, 9.17) is 13.9 Å². The van der Waals surface area contributed by atoms with Crippen molar-refractivity contribution in [2.24, 2.45) is 0 Å². The normalized spacial score (nSPS) is 16.0. The highest BCUT2D eigenvalue weighted by Crippen LogP contribution is 2.42. The number of phenolic OH excluding ortho intramolecular Hbond substituents is 1. The zero-order valence-corrected chi connectivity index (χ0v) is 18.6. The number of phenols is 1. The Morgan fingerprint density at radius 1 is 1.12 bits per heavy atom. The summed E-state index contributed by atoms with van der Waals surface area (Å²) in [5.74, 6) is -1.23. The molecule has 1 aliphatic heterocycles. The number of ketones is 1. The molecule has 172 valence electrons. The molecule has 0 spiro atoms. The van der Waals surface area contributed by atoms with Gasteiger partial charge in [-0.1, -0.05) is 25.1 Å². The van der Waals surface area contributed by atoms with E-state index in [0.717, 1.165) is 0 Å². The Kier molecular flexibility index (Phi) is 6.00. The molecule has 1 aliphatic rings. The van der Waals surface area contributed by atoms with Gasteiger partial charge in [0.1, 0.15) is 0 Å². The molecule has 0 radical (unpaired) electrons. The number of rotatable bonds is 8. The van der Waals surface area contributed by atoms with Crippen LogP contribution in [0.1, 0.15) is 42.4 Å². The highest BCUT2D eigenvalue weighted by molar-refractivity contribution is 6.16. The number of aliphatic hydroxyl groups excluding tert-OH is 1. The first kappa shape index (κ1) is 22.3. The van der Waals surface area contributed by atoms with Gasteiger partial charge in [-0.3, -0.25) is 9.59 Å². The van der Waals surface area contributed by atoms with Crippen LogP contribution in [-0.4, -0.2) is 47.1 Å². The van der Waals surface area contributed by atoms with Crippen LogP contribution in [0.2, 0.25) is 0 Å². The Bertz CT molecular complexity index is 1260. The molecule has 33 heavy (non-hydrogen) atoms. The molecule has 0 saturated carbocycles. The fourth-order valence-corrected chi connectivity index (χ4v) is 4.12. The van der Waals surface area contributed by atoms with Crippen LogP contribution < -0.4 is 9.47 Å². The fraction of sp³-hybridized carbons (Fsp3) is 0.280. The molecule has 2 aromatic carbocycles. The van der Waals surface area contributed by atoms with Gasteiger partial charge in [-0.25, -0.2) is 0 Å². The number of para-hydroxylation sites is 1. The summed E-state index contributed by atoms with van der Waals surface area (Å²) in [5, 5.41) is 21.5. The Balaban J connectivity index is 1.83. The van der Waals surface area contributed by atoms with Crippen molar-refractivity contribution in [3.8, 4) is 17.2 Å². The molecule has 0 fully saturated rings. The number of carbonyl (C=O) groups is 2. The van der Waals surface area contributed by atoms with Gasteiger partial charge in [-0.15, -0.1) is 0 Å². The third-order valence-electron chi connectivity index (χ3n) is 5.56. The summed E-state index contributed by atoms with van der Waals surface area (Å²) >= 11 is 0. The molecule has 0 aliphatic carbocycles. The lowest BCUT2D eigenvalue weighted by Crippen LogP contribution is -2.31. The second-order valence-corrected chi connectivity index (χ2v) is 7.64. The van der Waals surface area contributed by atoms with Crippen LogP contribution in [0.3, 0.4) is 0 Å². The zero-order chi connectivity index (χ0) is 23.7. The molecule has 0 bridgehead atoms. The van der Waals surface area contributed by atoms with Crippen molar-refractivity contribution >= 4 is 22.7 Å². The average Bonchev–Trinajstić information content (AvgIpc) is 3.35. The predicted molar refractivity (Wildman–Crippen MR) is 121 cm³/mol. The number of fused-ring (bicyclic) bond motifs is 1. The first-order valence-electron chi connectivity index (χ1n) is 10.7. The average molecular weight is 451 g/mol. The van der Waals surface area contributed by atoms with Gasteiger partial charge in [0.05, 0.1) is 25.3 Å². The smallest absolute Gasteiger partial charge is 0.290 e. The van der Waals surface area contributed by atoms with Crippen LogP contribution in [-0.2, 0) is 4.79 Å². The van der Waals surface area contributed by atoms with Gasteiger partial charge < -0.3 is 29.0 Å². The minimum atomic E-state index is -0.861. The quantitative estimate of drug-likeness (QED) is 0.484. The molecule has 1 atom stereocenters. The van der Waals surface area contributed by atoms with Gasteiger partial charge in [0.15, 0.2) is 34.4 Å². The fourth-order valence-electron chi connectivity index (χ4n) is 4.12. The van der Waals surface area contributed by atoms with Gasteiger partial charge in [-0.05, 0) is 43.2 Å². The van der Waals surface area contributed by atoms with Gasteiger partial charge in [0.25, 0.3) is 5.91 Å². The molecular formula is C25H25NO7. The Morgan fingerprint density at radius 2 is 1.91 bits per heavy atom. The van der Waals surface area contributed by atoms with E-state index >= 15 is 0 Å². The number of Topliss-reactive ketones (excluding diaryl/α,β-unsaturated/α-hetero) is 1. The van der Waals surface area contributed by atoms with Crippen LogP contribution in [0.25, 0.3) is 11.0 Å². The minimum absolute atomic E-state index is 0.0176. The SMILES string of the molecule is CCCN1C(=O)C(O)=C(C(=O)c2cc3cccc(OC)c3o2)C1c1ccc(O)c(OCC)c1. The number of furan rings is 1. The van der Waals surface area contributed by atoms with E-state index in [-0.39, 0.29) is 22.8 Å². The van der Waals surface area contributed by atoms with Crippen molar-refractivity contribution in [2.75, 3.05) is 20.3 Å². The maximum atomic E-state index is 13.6. The highest BCUT2D eigenvalue weighted by atomic mass is 16.5. The summed E-state index contributed by atoms with van der Waals surface area (Å²) in [7, 11) is 1.50. The lowest BCUT2D eigenvalue weighted by atomic mass is 9.94. The highest BCUT2D eigenvalue weighted by Gasteiger charge is 2.44. The van der Waals surface area contributed by atoms with E-state index in [2.05, 4.69) is 0 Å². The summed E-state index contributed by atoms with van der Waals surface area (Å²) in [6.07, 6.45) is 0.620. The molecule has 8 nitrogen and oxygen atoms in total. The monoisotopic (exact) mass is 451 g/mol. The van der Waals surface area contributed by atoms with Crippen molar-refractivity contribution in [1.29, 1.82) is 0 Å².